The van der Waals surface area contributed by atoms with E-state index in [0.717, 1.165) is 12.2 Å². The Balaban J connectivity index is 2.35. The maximum absolute atomic E-state index is 9.14. The number of thiophene rings is 1. The molecule has 1 N–H and O–H groups in total. The number of likely N-dealkylation sites (N-methyl/N-ethyl adjacent to an activating group) is 1. The van der Waals surface area contributed by atoms with Crippen LogP contribution in [0.5, 0.6) is 0 Å². The Hall–Kier alpha value is -0.450. The first-order chi connectivity index (χ1) is 6.35. The van der Waals surface area contributed by atoms with E-state index in [4.69, 9.17) is 5.11 Å². The number of rotatable bonds is 2. The Morgan fingerprint density at radius 3 is 3.08 bits per heavy atom. The summed E-state index contributed by atoms with van der Waals surface area (Å²) in [4.78, 5) is 0. The summed E-state index contributed by atoms with van der Waals surface area (Å²) in [6, 6.07) is 2.09. The summed E-state index contributed by atoms with van der Waals surface area (Å²) in [5.74, 6) is 0. The van der Waals surface area contributed by atoms with Gasteiger partial charge in [0.05, 0.1) is 16.5 Å². The Bertz CT molecular complexity index is 332. The normalized spacial score (nSPS) is 15.5. The third-order valence-electron chi connectivity index (χ3n) is 1.94. The van der Waals surface area contributed by atoms with Crippen LogP contribution in [0.1, 0.15) is 12.5 Å². The van der Waals surface area contributed by atoms with Gasteiger partial charge in [-0.1, -0.05) is 0 Å². The molecule has 0 aliphatic carbocycles. The van der Waals surface area contributed by atoms with Gasteiger partial charge in [-0.2, -0.15) is 0 Å². The lowest BCUT2D eigenvalue weighted by Gasteiger charge is -2.26. The van der Waals surface area contributed by atoms with Crippen LogP contribution in [0.15, 0.2) is 21.4 Å². The molecule has 0 saturated carbocycles. The van der Waals surface area contributed by atoms with Crippen LogP contribution in [-0.2, 0) is 0 Å². The Morgan fingerprint density at radius 2 is 2.38 bits per heavy atom. The van der Waals surface area contributed by atoms with E-state index in [1.807, 2.05) is 0 Å². The van der Waals surface area contributed by atoms with Crippen molar-refractivity contribution >= 4 is 29.4 Å². The van der Waals surface area contributed by atoms with Gasteiger partial charge in [0.2, 0.25) is 0 Å². The number of hydrogen-bond donors (Lipinski definition) is 1. The fourth-order valence-corrected chi connectivity index (χ4v) is 3.29. The van der Waals surface area contributed by atoms with E-state index in [9.17, 15) is 0 Å². The number of aliphatic hydroxyl groups is 1. The van der Waals surface area contributed by atoms with Gasteiger partial charge < -0.3 is 9.41 Å². The molecule has 1 aromatic heterocycles. The lowest BCUT2D eigenvalue weighted by atomic mass is 10.2. The van der Waals surface area contributed by atoms with Gasteiger partial charge in [-0.15, -0.1) is 11.3 Å². The largest absolute Gasteiger partial charge is 0.390 e. The molecule has 1 aliphatic rings. The smallest absolute Gasteiger partial charge is 0.0882 e. The molecule has 0 aromatic carbocycles. The minimum atomic E-state index is 0.121. The standard InChI is InChI=1S/C9H11NOS2/c1-2-10-8(6-11)5-7-3-4-12-9(7)13-10/h3-5,11H,2,6H2,1H3. The van der Waals surface area contributed by atoms with E-state index in [-0.39, 0.29) is 6.61 Å². The van der Waals surface area contributed by atoms with Gasteiger partial charge in [0.1, 0.15) is 0 Å². The van der Waals surface area contributed by atoms with E-state index in [2.05, 4.69) is 28.8 Å². The molecular formula is C9H11NOS2. The molecule has 0 unspecified atom stereocenters. The van der Waals surface area contributed by atoms with Crippen molar-refractivity contribution in [2.75, 3.05) is 13.2 Å². The summed E-state index contributed by atoms with van der Waals surface area (Å²) < 4.78 is 3.44. The molecule has 0 bridgehead atoms. The van der Waals surface area contributed by atoms with E-state index in [1.165, 1.54) is 9.77 Å². The van der Waals surface area contributed by atoms with Crippen LogP contribution >= 0.6 is 23.3 Å². The van der Waals surface area contributed by atoms with Gasteiger partial charge >= 0.3 is 0 Å². The zero-order valence-corrected chi connectivity index (χ0v) is 8.99. The van der Waals surface area contributed by atoms with Gasteiger partial charge in [0, 0.05) is 12.1 Å². The highest BCUT2D eigenvalue weighted by molar-refractivity contribution is 7.99. The fourth-order valence-electron chi connectivity index (χ4n) is 1.29. The van der Waals surface area contributed by atoms with Crippen LogP contribution in [0, 0.1) is 0 Å². The van der Waals surface area contributed by atoms with Crippen LogP contribution in [0.4, 0.5) is 0 Å². The molecule has 2 rings (SSSR count). The maximum Gasteiger partial charge on any atom is 0.0882 e. The quantitative estimate of drug-likeness (QED) is 0.763. The van der Waals surface area contributed by atoms with Gasteiger partial charge in [-0.05, 0) is 36.4 Å². The molecule has 1 aromatic rings. The molecule has 2 nitrogen and oxygen atoms in total. The summed E-state index contributed by atoms with van der Waals surface area (Å²) in [6.45, 7) is 3.14. The lowest BCUT2D eigenvalue weighted by Crippen LogP contribution is -2.18. The molecule has 13 heavy (non-hydrogen) atoms. The van der Waals surface area contributed by atoms with Gasteiger partial charge in [0.25, 0.3) is 0 Å². The molecule has 4 heteroatoms. The van der Waals surface area contributed by atoms with Crippen molar-refractivity contribution < 1.29 is 5.11 Å². The van der Waals surface area contributed by atoms with Crippen molar-refractivity contribution in [2.24, 2.45) is 0 Å². The van der Waals surface area contributed by atoms with Crippen LogP contribution in [0.2, 0.25) is 0 Å². The van der Waals surface area contributed by atoms with Crippen molar-refractivity contribution in [3.63, 3.8) is 0 Å². The second-order valence-electron chi connectivity index (χ2n) is 2.74. The Labute approximate surface area is 86.0 Å². The summed E-state index contributed by atoms with van der Waals surface area (Å²) in [5, 5.41) is 11.2. The predicted molar refractivity (Wildman–Crippen MR) is 57.6 cm³/mol. The van der Waals surface area contributed by atoms with Gasteiger partial charge in [0.15, 0.2) is 0 Å². The van der Waals surface area contributed by atoms with E-state index >= 15 is 0 Å². The number of hydrogen-bond acceptors (Lipinski definition) is 4. The minimum absolute atomic E-state index is 0.121. The first-order valence-electron chi connectivity index (χ1n) is 4.19. The zero-order chi connectivity index (χ0) is 9.26. The molecule has 2 heterocycles. The van der Waals surface area contributed by atoms with E-state index in [0.29, 0.717) is 0 Å². The van der Waals surface area contributed by atoms with Crippen molar-refractivity contribution in [3.8, 4) is 0 Å². The van der Waals surface area contributed by atoms with Crippen LogP contribution in [-0.4, -0.2) is 22.6 Å². The second kappa shape index (κ2) is 3.74. The molecule has 0 fully saturated rings. The maximum atomic E-state index is 9.14. The highest BCUT2D eigenvalue weighted by atomic mass is 32.2. The highest BCUT2D eigenvalue weighted by Gasteiger charge is 2.17. The van der Waals surface area contributed by atoms with Crippen molar-refractivity contribution in [3.05, 3.63) is 22.7 Å². The van der Waals surface area contributed by atoms with Gasteiger partial charge in [-0.3, -0.25) is 0 Å². The second-order valence-corrected chi connectivity index (χ2v) is 4.95. The molecule has 0 amide bonds. The monoisotopic (exact) mass is 213 g/mol. The first kappa shape index (κ1) is 9.12. The average molecular weight is 213 g/mol. The zero-order valence-electron chi connectivity index (χ0n) is 7.36. The topological polar surface area (TPSA) is 23.5 Å². The first-order valence-corrected chi connectivity index (χ1v) is 5.85. The number of aliphatic hydroxyl groups excluding tert-OH is 1. The van der Waals surface area contributed by atoms with Crippen LogP contribution < -0.4 is 0 Å². The fraction of sp³-hybridized carbons (Fsp3) is 0.333. The van der Waals surface area contributed by atoms with Crippen molar-refractivity contribution in [1.29, 1.82) is 0 Å². The summed E-state index contributed by atoms with van der Waals surface area (Å²) in [6.07, 6.45) is 2.06. The Morgan fingerprint density at radius 1 is 1.54 bits per heavy atom. The van der Waals surface area contributed by atoms with Crippen molar-refractivity contribution in [1.82, 2.24) is 4.31 Å². The van der Waals surface area contributed by atoms with Gasteiger partial charge in [-0.25, -0.2) is 0 Å². The molecule has 1 aliphatic heterocycles. The van der Waals surface area contributed by atoms with E-state index in [1.54, 1.807) is 23.3 Å². The average Bonchev–Trinajstić information content (AvgIpc) is 2.62. The summed E-state index contributed by atoms with van der Waals surface area (Å²) in [5.41, 5.74) is 2.24. The highest BCUT2D eigenvalue weighted by Crippen LogP contribution is 2.39. The third-order valence-corrected chi connectivity index (χ3v) is 4.29. The predicted octanol–water partition coefficient (Wildman–Crippen LogP) is 2.42. The molecule has 0 saturated heterocycles. The van der Waals surface area contributed by atoms with Crippen LogP contribution in [0.25, 0.3) is 6.08 Å². The number of fused-ring (bicyclic) bond motifs is 1. The van der Waals surface area contributed by atoms with Crippen molar-refractivity contribution in [2.45, 2.75) is 11.1 Å². The third kappa shape index (κ3) is 1.61. The summed E-state index contributed by atoms with van der Waals surface area (Å²) >= 11 is 3.47. The molecule has 0 spiro atoms. The SMILES string of the molecule is CCN1Sc2sccc2C=C1CO. The summed E-state index contributed by atoms with van der Waals surface area (Å²) in [7, 11) is 0. The van der Waals surface area contributed by atoms with Crippen LogP contribution in [0.3, 0.4) is 0 Å². The van der Waals surface area contributed by atoms with E-state index < -0.39 is 0 Å². The molecule has 0 atom stereocenters. The minimum Gasteiger partial charge on any atom is -0.390 e. The molecule has 0 radical (unpaired) electrons. The Kier molecular flexibility index (Phi) is 2.62. The lowest BCUT2D eigenvalue weighted by molar-refractivity contribution is 0.306. The molecular weight excluding hydrogens is 202 g/mol. The number of nitrogens with zero attached hydrogens (tertiary/aromatic N) is 1. The molecule has 70 valence electrons.